The van der Waals surface area contributed by atoms with Crippen LogP contribution in [0.2, 0.25) is 0 Å². The Kier molecular flexibility index (Phi) is 47.9. The van der Waals surface area contributed by atoms with Crippen LogP contribution in [0.15, 0.2) is 0 Å². The van der Waals surface area contributed by atoms with Crippen LogP contribution in [-0.2, 0) is 33.4 Å². The van der Waals surface area contributed by atoms with Crippen LogP contribution in [-0.4, -0.2) is 52.7 Å². The molecule has 5 atom stereocenters. The highest BCUT2D eigenvalue weighted by Crippen LogP contribution is 2.32. The Bertz CT molecular complexity index is 1200. The average molecular weight is 992 g/mol. The summed E-state index contributed by atoms with van der Waals surface area (Å²) in [5, 5.41) is 12.8. The van der Waals surface area contributed by atoms with E-state index in [1.807, 2.05) is 0 Å². The summed E-state index contributed by atoms with van der Waals surface area (Å²) in [5.41, 5.74) is -2.77. The average Bonchev–Trinajstić information content (AvgIpc) is 3.33. The molecule has 0 saturated heterocycles. The van der Waals surface area contributed by atoms with Gasteiger partial charge in [0.2, 0.25) is 0 Å². The van der Waals surface area contributed by atoms with Crippen molar-refractivity contribution in [1.29, 1.82) is 0 Å². The van der Waals surface area contributed by atoms with Gasteiger partial charge in [-0.1, -0.05) is 253 Å². The zero-order valence-electron chi connectivity index (χ0n) is 47.6. The first-order chi connectivity index (χ1) is 34.0. The SMILES string of the molecule is CCCCCCCCCC(CCCCCCCC)OC(=O)CC(O)(C(=O)OC(CCCCCCCC)CCCCCCCCC)C(C(C)=O)C(=O)OC(CCCCCCCC)CCCCCCCCC. The number of carbonyl (C=O) groups excluding carboxylic acids is 4. The van der Waals surface area contributed by atoms with Crippen molar-refractivity contribution < 1.29 is 38.5 Å². The van der Waals surface area contributed by atoms with E-state index in [2.05, 4.69) is 41.5 Å². The van der Waals surface area contributed by atoms with Crippen LogP contribution < -0.4 is 0 Å². The Morgan fingerprint density at radius 3 is 0.829 bits per heavy atom. The molecular formula is C62H118O8. The van der Waals surface area contributed by atoms with E-state index in [1.54, 1.807) is 0 Å². The second-order valence-electron chi connectivity index (χ2n) is 21.7. The minimum absolute atomic E-state index is 0.376. The number of aliphatic hydroxyl groups is 1. The van der Waals surface area contributed by atoms with Crippen LogP contribution in [0.4, 0.5) is 0 Å². The number of ketones is 1. The summed E-state index contributed by atoms with van der Waals surface area (Å²) in [6.07, 6.45) is 45.3. The summed E-state index contributed by atoms with van der Waals surface area (Å²) < 4.78 is 18.8. The maximum atomic E-state index is 14.8. The van der Waals surface area contributed by atoms with Crippen molar-refractivity contribution in [3.05, 3.63) is 0 Å². The van der Waals surface area contributed by atoms with Crippen molar-refractivity contribution in [2.24, 2.45) is 5.92 Å². The van der Waals surface area contributed by atoms with Gasteiger partial charge in [-0.25, -0.2) is 4.79 Å². The maximum Gasteiger partial charge on any atom is 0.340 e. The summed E-state index contributed by atoms with van der Waals surface area (Å²) in [7, 11) is 0. The number of hydrogen-bond donors (Lipinski definition) is 1. The molecule has 8 heteroatoms. The zero-order valence-corrected chi connectivity index (χ0v) is 47.6. The maximum absolute atomic E-state index is 14.8. The van der Waals surface area contributed by atoms with Gasteiger partial charge in [-0.05, 0) is 84.0 Å². The molecule has 0 aromatic carbocycles. The van der Waals surface area contributed by atoms with E-state index in [9.17, 15) is 24.3 Å². The topological polar surface area (TPSA) is 116 Å². The highest BCUT2D eigenvalue weighted by molar-refractivity contribution is 6.05. The second kappa shape index (κ2) is 49.3. The Hall–Kier alpha value is -1.96. The number of hydrogen-bond acceptors (Lipinski definition) is 8. The van der Waals surface area contributed by atoms with Crippen LogP contribution in [0.25, 0.3) is 0 Å². The summed E-state index contributed by atoms with van der Waals surface area (Å²) in [5.74, 6) is -5.42. The minimum Gasteiger partial charge on any atom is -0.462 e. The molecule has 1 N–H and O–H groups in total. The third-order valence-corrected chi connectivity index (χ3v) is 14.8. The molecule has 0 aliphatic carbocycles. The van der Waals surface area contributed by atoms with Crippen molar-refractivity contribution in [3.8, 4) is 0 Å². The number of rotatable bonds is 54. The fourth-order valence-electron chi connectivity index (χ4n) is 10.2. The molecule has 0 aromatic heterocycles. The van der Waals surface area contributed by atoms with E-state index in [1.165, 1.54) is 135 Å². The van der Waals surface area contributed by atoms with Gasteiger partial charge in [0, 0.05) is 0 Å². The molecule has 0 radical (unpaired) electrons. The molecule has 5 unspecified atom stereocenters. The number of carbonyl (C=O) groups is 4. The third-order valence-electron chi connectivity index (χ3n) is 14.8. The van der Waals surface area contributed by atoms with Gasteiger partial charge < -0.3 is 19.3 Å². The molecule has 0 fully saturated rings. The van der Waals surface area contributed by atoms with Gasteiger partial charge in [0.25, 0.3) is 0 Å². The number of unbranched alkanes of at least 4 members (excludes halogenated alkanes) is 33. The summed E-state index contributed by atoms with van der Waals surface area (Å²) >= 11 is 0. The first kappa shape index (κ1) is 68.0. The smallest absolute Gasteiger partial charge is 0.340 e. The summed E-state index contributed by atoms with van der Waals surface area (Å²) in [6.45, 7) is 14.5. The second-order valence-corrected chi connectivity index (χ2v) is 21.7. The molecule has 70 heavy (non-hydrogen) atoms. The number of ether oxygens (including phenoxy) is 3. The fourth-order valence-corrected chi connectivity index (χ4v) is 10.2. The largest absolute Gasteiger partial charge is 0.462 e. The third kappa shape index (κ3) is 37.7. The monoisotopic (exact) mass is 991 g/mol. The van der Waals surface area contributed by atoms with Gasteiger partial charge >= 0.3 is 17.9 Å². The lowest BCUT2D eigenvalue weighted by Gasteiger charge is -2.33. The molecule has 0 heterocycles. The normalized spacial score (nSPS) is 14.2. The van der Waals surface area contributed by atoms with Gasteiger partial charge in [0.05, 0.1) is 6.42 Å². The van der Waals surface area contributed by atoms with E-state index in [-0.39, 0.29) is 6.10 Å². The highest BCUT2D eigenvalue weighted by atomic mass is 16.6. The van der Waals surface area contributed by atoms with Crippen molar-refractivity contribution in [1.82, 2.24) is 0 Å². The lowest BCUT2D eigenvalue weighted by Crippen LogP contribution is -2.56. The minimum atomic E-state index is -2.77. The first-order valence-corrected chi connectivity index (χ1v) is 30.9. The highest BCUT2D eigenvalue weighted by Gasteiger charge is 2.55. The Balaban J connectivity index is 6.76. The summed E-state index contributed by atoms with van der Waals surface area (Å²) in [4.78, 5) is 57.6. The fraction of sp³-hybridized carbons (Fsp3) is 0.935. The van der Waals surface area contributed by atoms with E-state index in [0.29, 0.717) is 38.5 Å². The van der Waals surface area contributed by atoms with E-state index in [4.69, 9.17) is 14.2 Å². The lowest BCUT2D eigenvalue weighted by molar-refractivity contribution is -0.194. The van der Waals surface area contributed by atoms with Crippen molar-refractivity contribution in [2.45, 2.75) is 368 Å². The molecule has 0 amide bonds. The van der Waals surface area contributed by atoms with Crippen LogP contribution in [0.1, 0.15) is 344 Å². The number of esters is 3. The molecule has 414 valence electrons. The Labute approximate surface area is 434 Å². The zero-order chi connectivity index (χ0) is 51.8. The standard InChI is InChI=1S/C62H118O8/c1-8-14-20-26-32-38-42-48-55(47-41-35-29-23-17-11-4)68-58(64)53-62(67,61(66)70-57(51-45-37-31-25-19-13-6)52-46-40-34-28-22-16-10-3)59(54(7)63)60(65)69-56(49-43-36-30-24-18-12-5)50-44-39-33-27-21-15-9-2/h55-57,59,67H,8-53H2,1-7H3. The van der Waals surface area contributed by atoms with Crippen molar-refractivity contribution in [3.63, 3.8) is 0 Å². The molecule has 0 aromatic rings. The Morgan fingerprint density at radius 1 is 0.343 bits per heavy atom. The molecule has 0 aliphatic heterocycles. The first-order valence-electron chi connectivity index (χ1n) is 30.9. The van der Waals surface area contributed by atoms with Crippen LogP contribution in [0.5, 0.6) is 0 Å². The molecule has 0 spiro atoms. The molecule has 0 saturated carbocycles. The van der Waals surface area contributed by atoms with Crippen LogP contribution in [0, 0.1) is 5.92 Å². The van der Waals surface area contributed by atoms with Crippen LogP contribution >= 0.6 is 0 Å². The Morgan fingerprint density at radius 2 is 0.571 bits per heavy atom. The molecular weight excluding hydrogens is 873 g/mol. The predicted octanol–water partition coefficient (Wildman–Crippen LogP) is 18.7. The van der Waals surface area contributed by atoms with E-state index < -0.39 is 53.8 Å². The van der Waals surface area contributed by atoms with Crippen molar-refractivity contribution >= 4 is 23.7 Å². The summed E-state index contributed by atoms with van der Waals surface area (Å²) in [6, 6.07) is 0. The van der Waals surface area contributed by atoms with Gasteiger partial charge in [0.15, 0.2) is 11.5 Å². The van der Waals surface area contributed by atoms with E-state index in [0.717, 1.165) is 122 Å². The van der Waals surface area contributed by atoms with E-state index >= 15 is 0 Å². The van der Waals surface area contributed by atoms with Crippen molar-refractivity contribution in [2.75, 3.05) is 0 Å². The van der Waals surface area contributed by atoms with Crippen LogP contribution in [0.3, 0.4) is 0 Å². The quantitative estimate of drug-likeness (QED) is 0.0277. The van der Waals surface area contributed by atoms with Gasteiger partial charge in [-0.2, -0.15) is 0 Å². The van der Waals surface area contributed by atoms with Gasteiger partial charge in [0.1, 0.15) is 24.1 Å². The van der Waals surface area contributed by atoms with Gasteiger partial charge in [-0.3, -0.25) is 14.4 Å². The number of Topliss-reactive ketones (excluding diaryl/α,β-unsaturated/α-hetero) is 1. The molecule has 8 nitrogen and oxygen atoms in total. The van der Waals surface area contributed by atoms with Gasteiger partial charge in [-0.15, -0.1) is 0 Å². The lowest BCUT2D eigenvalue weighted by atomic mass is 9.81. The molecule has 0 bridgehead atoms. The molecule has 0 aliphatic rings. The molecule has 0 rings (SSSR count). The predicted molar refractivity (Wildman–Crippen MR) is 295 cm³/mol.